The Labute approximate surface area is 297 Å². The molecule has 2 heteroatoms. The molecule has 0 saturated heterocycles. The highest BCUT2D eigenvalue weighted by Gasteiger charge is 2.54. The zero-order valence-corrected chi connectivity index (χ0v) is 27.8. The van der Waals surface area contributed by atoms with Gasteiger partial charge < -0.3 is 4.57 Å². The Kier molecular flexibility index (Phi) is 5.31. The lowest BCUT2D eigenvalue weighted by atomic mass is 9.32. The van der Waals surface area contributed by atoms with Crippen LogP contribution in [0.25, 0.3) is 60.9 Å². The summed E-state index contributed by atoms with van der Waals surface area (Å²) >= 11 is 0. The van der Waals surface area contributed by atoms with Crippen molar-refractivity contribution in [3.8, 4) is 39.1 Å². The number of para-hydroxylation sites is 2. The first kappa shape index (κ1) is 27.4. The van der Waals surface area contributed by atoms with Gasteiger partial charge in [0.1, 0.15) is 0 Å². The number of fused-ring (bicyclic) bond motifs is 15. The minimum atomic E-state index is -0.411. The number of rotatable bonds is 2. The molecule has 9 aromatic rings. The molecule has 1 aromatic heterocycles. The molecule has 1 unspecified atom stereocenters. The number of hydrogen-bond acceptors (Lipinski definition) is 0. The maximum absolute atomic E-state index is 2.50. The van der Waals surface area contributed by atoms with Crippen molar-refractivity contribution in [1.29, 1.82) is 0 Å². The molecular weight excluding hydrogens is 613 g/mol. The first-order valence-electron chi connectivity index (χ1n) is 18.0. The lowest BCUT2D eigenvalue weighted by Crippen LogP contribution is -2.59. The van der Waals surface area contributed by atoms with E-state index < -0.39 is 5.41 Å². The summed E-state index contributed by atoms with van der Waals surface area (Å²) in [6.07, 6.45) is 0. The molecule has 234 valence electrons. The number of nitrogens with zero attached hydrogens (tertiary/aromatic N) is 1. The molecule has 3 aliphatic rings. The van der Waals surface area contributed by atoms with Gasteiger partial charge in [0.2, 0.25) is 6.71 Å². The summed E-state index contributed by atoms with van der Waals surface area (Å²) in [6.45, 7) is 0.238. The molecule has 0 radical (unpaired) electrons. The van der Waals surface area contributed by atoms with Gasteiger partial charge in [-0.1, -0.05) is 168 Å². The maximum Gasteiger partial charge on any atom is 0.243 e. The Hall–Kier alpha value is -6.38. The van der Waals surface area contributed by atoms with Crippen molar-refractivity contribution in [3.63, 3.8) is 0 Å². The van der Waals surface area contributed by atoms with Crippen LogP contribution in [0.3, 0.4) is 0 Å². The molecule has 3 heterocycles. The van der Waals surface area contributed by atoms with Gasteiger partial charge in [-0.2, -0.15) is 0 Å². The molecule has 1 nitrogen and oxygen atoms in total. The topological polar surface area (TPSA) is 4.93 Å². The summed E-state index contributed by atoms with van der Waals surface area (Å²) in [5.74, 6) is 0. The molecule has 0 amide bonds. The summed E-state index contributed by atoms with van der Waals surface area (Å²) < 4.78 is 2.39. The molecule has 2 aliphatic heterocycles. The van der Waals surface area contributed by atoms with Crippen molar-refractivity contribution in [2.75, 3.05) is 0 Å². The predicted octanol–water partition coefficient (Wildman–Crippen LogP) is 9.62. The van der Waals surface area contributed by atoms with Gasteiger partial charge in [-0.05, 0) is 86.0 Å². The summed E-state index contributed by atoms with van der Waals surface area (Å²) in [5, 5.41) is 2.57. The minimum Gasteiger partial charge on any atom is -0.309 e. The van der Waals surface area contributed by atoms with E-state index in [1.807, 2.05) is 0 Å². The second kappa shape index (κ2) is 9.87. The monoisotopic (exact) mass is 643 g/mol. The Balaban J connectivity index is 1.08. The van der Waals surface area contributed by atoms with Crippen LogP contribution in [0, 0.1) is 0 Å². The molecular formula is C49H30BN. The second-order valence-corrected chi connectivity index (χ2v) is 14.3. The third-order valence-corrected chi connectivity index (χ3v) is 12.1. The van der Waals surface area contributed by atoms with Gasteiger partial charge in [-0.3, -0.25) is 0 Å². The van der Waals surface area contributed by atoms with E-state index in [-0.39, 0.29) is 6.71 Å². The average Bonchev–Trinajstić information content (AvgIpc) is 3.82. The van der Waals surface area contributed by atoms with Crippen LogP contribution < -0.4 is 16.4 Å². The Morgan fingerprint density at radius 3 is 1.73 bits per heavy atom. The summed E-state index contributed by atoms with van der Waals surface area (Å²) in [5.41, 5.74) is 21.0. The van der Waals surface area contributed by atoms with Gasteiger partial charge >= 0.3 is 0 Å². The molecule has 1 aliphatic carbocycles. The highest BCUT2D eigenvalue weighted by atomic mass is 15.0. The average molecular weight is 644 g/mol. The lowest BCUT2D eigenvalue weighted by Gasteiger charge is -2.42. The SMILES string of the molecule is c1ccc2c(c1)B1c3ccccc3C3(c4ccccc4-c4ccc(-c5ccc(-n6c7ccccc7c7ccccc76)cc5)cc43)c3cccc-2c31. The highest BCUT2D eigenvalue weighted by Crippen LogP contribution is 2.57. The molecule has 0 bridgehead atoms. The van der Waals surface area contributed by atoms with Crippen LogP contribution in [0.1, 0.15) is 22.3 Å². The minimum absolute atomic E-state index is 0.238. The van der Waals surface area contributed by atoms with E-state index in [0.717, 1.165) is 0 Å². The number of aromatic nitrogens is 1. The third kappa shape index (κ3) is 3.38. The van der Waals surface area contributed by atoms with Crippen molar-refractivity contribution < 1.29 is 0 Å². The fourth-order valence-electron chi connectivity index (χ4n) is 10.2. The van der Waals surface area contributed by atoms with Gasteiger partial charge in [-0.15, -0.1) is 0 Å². The Morgan fingerprint density at radius 2 is 0.941 bits per heavy atom. The molecule has 1 atom stereocenters. The van der Waals surface area contributed by atoms with E-state index >= 15 is 0 Å². The van der Waals surface area contributed by atoms with Crippen LogP contribution >= 0.6 is 0 Å². The molecule has 1 spiro atoms. The second-order valence-electron chi connectivity index (χ2n) is 14.3. The van der Waals surface area contributed by atoms with Gasteiger partial charge in [0.05, 0.1) is 16.4 Å². The van der Waals surface area contributed by atoms with Crippen LogP contribution in [0.4, 0.5) is 0 Å². The van der Waals surface area contributed by atoms with Gasteiger partial charge in [0.25, 0.3) is 0 Å². The van der Waals surface area contributed by atoms with Crippen molar-refractivity contribution in [2.45, 2.75) is 5.41 Å². The molecule has 51 heavy (non-hydrogen) atoms. The normalized spacial score (nSPS) is 15.9. The summed E-state index contributed by atoms with van der Waals surface area (Å²) in [4.78, 5) is 0. The van der Waals surface area contributed by atoms with E-state index in [0.29, 0.717) is 0 Å². The lowest BCUT2D eigenvalue weighted by molar-refractivity contribution is 0.776. The molecule has 0 saturated carbocycles. The Morgan fingerprint density at radius 1 is 0.373 bits per heavy atom. The van der Waals surface area contributed by atoms with Crippen LogP contribution in [-0.2, 0) is 5.41 Å². The molecule has 12 rings (SSSR count). The third-order valence-electron chi connectivity index (χ3n) is 12.1. The van der Waals surface area contributed by atoms with Crippen LogP contribution in [0.15, 0.2) is 182 Å². The quantitative estimate of drug-likeness (QED) is 0.165. The Bertz CT molecular complexity index is 2880. The predicted molar refractivity (Wildman–Crippen MR) is 214 cm³/mol. The van der Waals surface area contributed by atoms with E-state index in [2.05, 4.69) is 187 Å². The number of hydrogen-bond donors (Lipinski definition) is 0. The van der Waals surface area contributed by atoms with Crippen molar-refractivity contribution in [2.24, 2.45) is 0 Å². The first-order valence-corrected chi connectivity index (χ1v) is 18.0. The van der Waals surface area contributed by atoms with Gasteiger partial charge in [-0.25, -0.2) is 0 Å². The summed E-state index contributed by atoms with van der Waals surface area (Å²) in [7, 11) is 0. The molecule has 0 N–H and O–H groups in total. The molecule has 8 aromatic carbocycles. The highest BCUT2D eigenvalue weighted by molar-refractivity contribution is 7.00. The van der Waals surface area contributed by atoms with E-state index in [1.54, 1.807) is 0 Å². The van der Waals surface area contributed by atoms with Crippen LogP contribution in [0.5, 0.6) is 0 Å². The fraction of sp³-hybridized carbons (Fsp3) is 0.0204. The maximum atomic E-state index is 2.50. The van der Waals surface area contributed by atoms with Crippen molar-refractivity contribution >= 4 is 44.9 Å². The van der Waals surface area contributed by atoms with Crippen LogP contribution in [0.2, 0.25) is 0 Å². The fourth-order valence-corrected chi connectivity index (χ4v) is 10.2. The smallest absolute Gasteiger partial charge is 0.243 e. The van der Waals surface area contributed by atoms with E-state index in [1.165, 1.54) is 99.5 Å². The number of benzene rings is 8. The standard InChI is InChI=1S/C49H30BN/c1-5-17-40-34(12-1)35-29-26-32(31-24-27-33(28-25-31)51-46-22-9-3-14-37(46)38-15-4-10-23-47(38)51)30-43(35)49(40)41-18-6-8-21-45(41)50-44-20-7-2-13-36(44)39-16-11-19-42(49)48(39)50/h1-30H. The van der Waals surface area contributed by atoms with Crippen LogP contribution in [-0.4, -0.2) is 11.3 Å². The molecule has 0 fully saturated rings. The van der Waals surface area contributed by atoms with Gasteiger partial charge in [0, 0.05) is 16.5 Å². The van der Waals surface area contributed by atoms with Gasteiger partial charge in [0.15, 0.2) is 0 Å². The largest absolute Gasteiger partial charge is 0.309 e. The van der Waals surface area contributed by atoms with Crippen molar-refractivity contribution in [1.82, 2.24) is 4.57 Å². The van der Waals surface area contributed by atoms with Crippen molar-refractivity contribution in [3.05, 3.63) is 204 Å². The van der Waals surface area contributed by atoms with E-state index in [9.17, 15) is 0 Å². The zero-order chi connectivity index (χ0) is 33.3. The summed E-state index contributed by atoms with van der Waals surface area (Å²) in [6, 6.07) is 68.4. The van der Waals surface area contributed by atoms with E-state index in [4.69, 9.17) is 0 Å². The zero-order valence-electron chi connectivity index (χ0n) is 27.8. The first-order chi connectivity index (χ1) is 25.3.